The van der Waals surface area contributed by atoms with E-state index in [1.54, 1.807) is 6.20 Å². The number of amides is 2. The molecule has 1 aromatic heterocycles. The maximum atomic E-state index is 13.1. The minimum Gasteiger partial charge on any atom is -0.453 e. The van der Waals surface area contributed by atoms with Crippen LogP contribution in [0.3, 0.4) is 0 Å². The van der Waals surface area contributed by atoms with Crippen LogP contribution in [0.1, 0.15) is 45.5 Å². The van der Waals surface area contributed by atoms with E-state index in [-0.39, 0.29) is 17.9 Å². The lowest BCUT2D eigenvalue weighted by Gasteiger charge is -2.30. The highest BCUT2D eigenvalue weighted by Gasteiger charge is 2.40. The Morgan fingerprint density at radius 2 is 2.29 bits per heavy atom. The molecule has 0 saturated carbocycles. The molecule has 2 amide bonds. The molecule has 1 aromatic rings. The average Bonchev–Trinajstić information content (AvgIpc) is 3.16. The molecule has 0 aromatic carbocycles. The second kappa shape index (κ2) is 8.00. The van der Waals surface area contributed by atoms with Crippen molar-refractivity contribution in [2.75, 3.05) is 13.7 Å². The summed E-state index contributed by atoms with van der Waals surface area (Å²) in [6.07, 6.45) is 2.73. The maximum Gasteiger partial charge on any atom is 0.407 e. The molecule has 0 spiro atoms. The van der Waals surface area contributed by atoms with Crippen molar-refractivity contribution in [2.24, 2.45) is 11.8 Å². The smallest absolute Gasteiger partial charge is 0.407 e. The average molecular weight is 401 g/mol. The van der Waals surface area contributed by atoms with Gasteiger partial charge in [-0.1, -0.05) is 27.2 Å². The zero-order valence-corrected chi connectivity index (χ0v) is 16.1. The third kappa shape index (κ3) is 4.09. The standard InChI is InChI=1S/C16H25BrN4O3/c1-5-10(3)13(20-16(23)24-4)15(22)21-8-9(2)6-11(21)14-18-7-12(17)19-14/h7,9-11,13H,5-6,8H2,1-4H3,(H,18,19)(H,20,23)/t9-,10-,11?,13-/m0/s1. The molecule has 1 fully saturated rings. The highest BCUT2D eigenvalue weighted by atomic mass is 79.9. The lowest BCUT2D eigenvalue weighted by molar-refractivity contribution is -0.135. The third-order valence-corrected chi connectivity index (χ3v) is 5.01. The first-order valence-electron chi connectivity index (χ1n) is 8.22. The molecule has 0 bridgehead atoms. The van der Waals surface area contributed by atoms with Crippen LogP contribution < -0.4 is 5.32 Å². The van der Waals surface area contributed by atoms with Crippen molar-refractivity contribution in [3.05, 3.63) is 16.6 Å². The summed E-state index contributed by atoms with van der Waals surface area (Å²) in [7, 11) is 1.30. The minimum absolute atomic E-state index is 0.0106. The normalized spacial score (nSPS) is 23.0. The van der Waals surface area contributed by atoms with E-state index in [4.69, 9.17) is 0 Å². The molecular weight excluding hydrogens is 376 g/mol. The highest BCUT2D eigenvalue weighted by molar-refractivity contribution is 9.10. The number of likely N-dealkylation sites (tertiary alicyclic amines) is 1. The number of alkyl carbamates (subject to hydrolysis) is 1. The zero-order valence-electron chi connectivity index (χ0n) is 14.5. The molecule has 134 valence electrons. The fourth-order valence-electron chi connectivity index (χ4n) is 3.08. The number of H-pyrrole nitrogens is 1. The largest absolute Gasteiger partial charge is 0.453 e. The first-order chi connectivity index (χ1) is 11.4. The number of ether oxygens (including phenoxy) is 1. The molecule has 1 aliphatic heterocycles. The summed E-state index contributed by atoms with van der Waals surface area (Å²) in [5.74, 6) is 1.06. The van der Waals surface area contributed by atoms with Crippen LogP contribution in [-0.4, -0.2) is 46.6 Å². The number of hydrogen-bond donors (Lipinski definition) is 2. The summed E-state index contributed by atoms with van der Waals surface area (Å²) in [5, 5.41) is 2.69. The summed E-state index contributed by atoms with van der Waals surface area (Å²) < 4.78 is 5.47. The van der Waals surface area contributed by atoms with Gasteiger partial charge in [0.25, 0.3) is 0 Å². The Bertz CT molecular complexity index is 592. The Morgan fingerprint density at radius 1 is 1.58 bits per heavy atom. The summed E-state index contributed by atoms with van der Waals surface area (Å²) in [6, 6.07) is -0.710. The minimum atomic E-state index is -0.603. The van der Waals surface area contributed by atoms with Crippen LogP contribution >= 0.6 is 15.9 Å². The van der Waals surface area contributed by atoms with Crippen molar-refractivity contribution >= 4 is 27.9 Å². The van der Waals surface area contributed by atoms with Gasteiger partial charge in [0.2, 0.25) is 5.91 Å². The van der Waals surface area contributed by atoms with Crippen LogP contribution in [-0.2, 0) is 9.53 Å². The van der Waals surface area contributed by atoms with Gasteiger partial charge >= 0.3 is 6.09 Å². The van der Waals surface area contributed by atoms with E-state index in [1.165, 1.54) is 7.11 Å². The van der Waals surface area contributed by atoms with Crippen LogP contribution in [0.5, 0.6) is 0 Å². The van der Waals surface area contributed by atoms with Crippen LogP contribution in [0.4, 0.5) is 4.79 Å². The van der Waals surface area contributed by atoms with Gasteiger partial charge in [-0.05, 0) is 34.2 Å². The number of carbonyl (C=O) groups excluding carboxylic acids is 2. The van der Waals surface area contributed by atoms with Crippen molar-refractivity contribution in [3.8, 4) is 0 Å². The number of aromatic nitrogens is 2. The fourth-order valence-corrected chi connectivity index (χ4v) is 3.38. The van der Waals surface area contributed by atoms with Gasteiger partial charge in [0.05, 0.1) is 19.3 Å². The Kier molecular flexibility index (Phi) is 6.26. The summed E-state index contributed by atoms with van der Waals surface area (Å²) in [5.41, 5.74) is 0. The summed E-state index contributed by atoms with van der Waals surface area (Å²) in [4.78, 5) is 34.1. The molecule has 7 nitrogen and oxygen atoms in total. The molecule has 0 aliphatic carbocycles. The van der Waals surface area contributed by atoms with Crippen molar-refractivity contribution in [3.63, 3.8) is 0 Å². The summed E-state index contributed by atoms with van der Waals surface area (Å²) in [6.45, 7) is 6.72. The van der Waals surface area contributed by atoms with Crippen LogP contribution in [0, 0.1) is 11.8 Å². The number of nitrogens with zero attached hydrogens (tertiary/aromatic N) is 2. The molecule has 24 heavy (non-hydrogen) atoms. The van der Waals surface area contributed by atoms with Gasteiger partial charge in [-0.3, -0.25) is 4.79 Å². The van der Waals surface area contributed by atoms with Crippen LogP contribution in [0.15, 0.2) is 10.8 Å². The molecular formula is C16H25BrN4O3. The zero-order chi connectivity index (χ0) is 17.9. The van der Waals surface area contributed by atoms with Crippen LogP contribution in [0.2, 0.25) is 0 Å². The Labute approximate surface area is 150 Å². The van der Waals surface area contributed by atoms with Crippen molar-refractivity contribution < 1.29 is 14.3 Å². The first kappa shape index (κ1) is 18.8. The van der Waals surface area contributed by atoms with E-state index in [0.29, 0.717) is 12.5 Å². The molecule has 1 unspecified atom stereocenters. The fraction of sp³-hybridized carbons (Fsp3) is 0.688. The predicted octanol–water partition coefficient (Wildman–Crippen LogP) is 2.85. The third-order valence-electron chi connectivity index (χ3n) is 4.61. The molecule has 4 atom stereocenters. The van der Waals surface area contributed by atoms with Crippen molar-refractivity contribution in [1.82, 2.24) is 20.2 Å². The van der Waals surface area contributed by atoms with Gasteiger partial charge in [-0.15, -0.1) is 0 Å². The van der Waals surface area contributed by atoms with Gasteiger partial charge in [0, 0.05) is 6.54 Å². The number of carbonyl (C=O) groups is 2. The summed E-state index contributed by atoms with van der Waals surface area (Å²) >= 11 is 3.36. The second-order valence-corrected chi connectivity index (χ2v) is 7.32. The first-order valence-corrected chi connectivity index (χ1v) is 9.02. The maximum absolute atomic E-state index is 13.1. The Morgan fingerprint density at radius 3 is 2.83 bits per heavy atom. The van der Waals surface area contributed by atoms with Crippen molar-refractivity contribution in [2.45, 2.75) is 45.7 Å². The number of hydrogen-bond acceptors (Lipinski definition) is 4. The van der Waals surface area contributed by atoms with E-state index in [0.717, 1.165) is 23.3 Å². The second-order valence-electron chi connectivity index (χ2n) is 6.46. The highest BCUT2D eigenvalue weighted by Crippen LogP contribution is 2.35. The van der Waals surface area contributed by atoms with E-state index < -0.39 is 12.1 Å². The molecule has 2 heterocycles. The Balaban J connectivity index is 2.23. The van der Waals surface area contributed by atoms with Crippen molar-refractivity contribution in [1.29, 1.82) is 0 Å². The Hall–Kier alpha value is -1.57. The van der Waals surface area contributed by atoms with Gasteiger partial charge in [0.15, 0.2) is 0 Å². The van der Waals surface area contributed by atoms with Gasteiger partial charge in [-0.2, -0.15) is 0 Å². The lowest BCUT2D eigenvalue weighted by Crippen LogP contribution is -2.51. The topological polar surface area (TPSA) is 87.3 Å². The van der Waals surface area contributed by atoms with Crippen LogP contribution in [0.25, 0.3) is 0 Å². The van der Waals surface area contributed by atoms with Gasteiger partial charge < -0.3 is 19.9 Å². The van der Waals surface area contributed by atoms with Gasteiger partial charge in [0.1, 0.15) is 16.5 Å². The SMILES string of the molecule is CC[C@H](C)[C@H](NC(=O)OC)C(=O)N1C[C@@H](C)CC1c1ncc(Br)[nH]1. The molecule has 1 saturated heterocycles. The number of nitrogens with one attached hydrogen (secondary N) is 2. The van der Waals surface area contributed by atoms with E-state index in [1.807, 2.05) is 18.7 Å². The molecule has 2 N–H and O–H groups in total. The number of rotatable bonds is 5. The number of methoxy groups -OCH3 is 1. The predicted molar refractivity (Wildman–Crippen MR) is 93.3 cm³/mol. The van der Waals surface area contributed by atoms with E-state index in [9.17, 15) is 9.59 Å². The van der Waals surface area contributed by atoms with E-state index in [2.05, 4.69) is 42.9 Å². The van der Waals surface area contributed by atoms with Gasteiger partial charge in [-0.25, -0.2) is 9.78 Å². The number of halogens is 1. The van der Waals surface area contributed by atoms with E-state index >= 15 is 0 Å². The molecule has 1 aliphatic rings. The number of imidazole rings is 1. The monoisotopic (exact) mass is 400 g/mol. The lowest BCUT2D eigenvalue weighted by atomic mass is 9.97. The number of aromatic amines is 1. The molecule has 0 radical (unpaired) electrons. The quantitative estimate of drug-likeness (QED) is 0.795. The molecule has 8 heteroatoms. The molecule has 2 rings (SSSR count).